The van der Waals surface area contributed by atoms with E-state index >= 15 is 0 Å². The van der Waals surface area contributed by atoms with Gasteiger partial charge in [0.05, 0.1) is 12.7 Å². The number of hydrogen-bond donors (Lipinski definition) is 4. The zero-order valence-electron chi connectivity index (χ0n) is 8.53. The summed E-state index contributed by atoms with van der Waals surface area (Å²) in [5.74, 6) is -1.33. The highest BCUT2D eigenvalue weighted by Crippen LogP contribution is 2.21. The molecular weight excluding hydrogens is 270 g/mol. The van der Waals surface area contributed by atoms with Crippen molar-refractivity contribution in [1.29, 1.82) is 0 Å². The average molecular weight is 281 g/mol. The number of aromatic carboxylic acids is 1. The first-order chi connectivity index (χ1) is 7.88. The molecule has 0 aromatic carbocycles. The van der Waals surface area contributed by atoms with Gasteiger partial charge in [0, 0.05) is 6.54 Å². The van der Waals surface area contributed by atoms with Crippen molar-refractivity contribution in [3.05, 3.63) is 16.3 Å². The Kier molecular flexibility index (Phi) is 4.60. The second-order valence-electron chi connectivity index (χ2n) is 3.11. The van der Waals surface area contributed by atoms with Gasteiger partial charge in [-0.15, -0.1) is 11.3 Å². The lowest BCUT2D eigenvalue weighted by Crippen LogP contribution is -2.34. The maximum Gasteiger partial charge on any atom is 0.347 e. The van der Waals surface area contributed by atoms with Gasteiger partial charge in [0.25, 0.3) is 0 Å². The zero-order chi connectivity index (χ0) is 13.1. The van der Waals surface area contributed by atoms with E-state index in [1.165, 1.54) is 11.4 Å². The second kappa shape index (κ2) is 5.56. The van der Waals surface area contributed by atoms with Gasteiger partial charge in [-0.25, -0.2) is 17.9 Å². The van der Waals surface area contributed by atoms with Gasteiger partial charge in [-0.05, 0) is 11.4 Å². The summed E-state index contributed by atoms with van der Waals surface area (Å²) in [5, 5.41) is 27.7. The molecule has 96 valence electrons. The van der Waals surface area contributed by atoms with E-state index in [-0.39, 0.29) is 16.3 Å². The highest BCUT2D eigenvalue weighted by atomic mass is 32.2. The first kappa shape index (κ1) is 14.1. The van der Waals surface area contributed by atoms with Gasteiger partial charge in [-0.3, -0.25) is 0 Å². The first-order valence-electron chi connectivity index (χ1n) is 4.48. The van der Waals surface area contributed by atoms with E-state index < -0.39 is 28.7 Å². The quantitative estimate of drug-likeness (QED) is 0.534. The third-order valence-corrected chi connectivity index (χ3v) is 4.33. The van der Waals surface area contributed by atoms with Crippen LogP contribution in [0.15, 0.2) is 16.3 Å². The van der Waals surface area contributed by atoms with Crippen LogP contribution in [0.3, 0.4) is 0 Å². The fourth-order valence-electron chi connectivity index (χ4n) is 1.01. The minimum Gasteiger partial charge on any atom is -0.477 e. The molecule has 0 radical (unpaired) electrons. The van der Waals surface area contributed by atoms with E-state index in [1.807, 2.05) is 4.72 Å². The lowest BCUT2D eigenvalue weighted by Gasteiger charge is -2.09. The maximum absolute atomic E-state index is 11.7. The monoisotopic (exact) mass is 281 g/mol. The van der Waals surface area contributed by atoms with Crippen LogP contribution in [0.5, 0.6) is 0 Å². The number of carboxylic acid groups (broad SMARTS) is 1. The molecule has 0 aliphatic rings. The molecule has 1 rings (SSSR count). The molecule has 1 aromatic heterocycles. The molecule has 1 heterocycles. The largest absolute Gasteiger partial charge is 0.477 e. The lowest BCUT2D eigenvalue weighted by molar-refractivity contribution is 0.0698. The fourth-order valence-corrected chi connectivity index (χ4v) is 3.34. The summed E-state index contributed by atoms with van der Waals surface area (Å²) in [5.41, 5.74) is 0. The van der Waals surface area contributed by atoms with Crippen LogP contribution in [-0.2, 0) is 10.0 Å². The maximum atomic E-state index is 11.7. The summed E-state index contributed by atoms with van der Waals surface area (Å²) >= 11 is 0.794. The lowest BCUT2D eigenvalue weighted by atomic mass is 10.4. The highest BCUT2D eigenvalue weighted by Gasteiger charge is 2.24. The van der Waals surface area contributed by atoms with Crippen molar-refractivity contribution >= 4 is 27.3 Å². The van der Waals surface area contributed by atoms with Crippen LogP contribution in [0.25, 0.3) is 0 Å². The summed E-state index contributed by atoms with van der Waals surface area (Å²) in [4.78, 5) is 10.1. The number of carboxylic acids is 1. The molecule has 0 fully saturated rings. The number of aliphatic hydroxyl groups is 2. The Labute approximate surface area is 101 Å². The molecule has 0 aliphatic carbocycles. The van der Waals surface area contributed by atoms with E-state index in [9.17, 15) is 13.2 Å². The summed E-state index contributed by atoms with van der Waals surface area (Å²) in [6.45, 7) is -0.967. The van der Waals surface area contributed by atoms with E-state index in [0.717, 1.165) is 11.3 Å². The molecule has 9 heteroatoms. The molecule has 1 aromatic rings. The van der Waals surface area contributed by atoms with Crippen molar-refractivity contribution in [3.63, 3.8) is 0 Å². The third-order valence-electron chi connectivity index (χ3n) is 1.83. The predicted molar refractivity (Wildman–Crippen MR) is 59.6 cm³/mol. The molecule has 0 saturated heterocycles. The van der Waals surface area contributed by atoms with Gasteiger partial charge in [-0.1, -0.05) is 0 Å². The standard InChI is InChI=1S/C8H11NO6S2/c10-4-5(11)3-9-17(14,15)6-1-2-16-7(6)8(12)13/h1-2,5,9-11H,3-4H2,(H,12,13). The number of hydrogen-bond acceptors (Lipinski definition) is 6. The summed E-state index contributed by atoms with van der Waals surface area (Å²) < 4.78 is 25.4. The molecular formula is C8H11NO6S2. The highest BCUT2D eigenvalue weighted by molar-refractivity contribution is 7.89. The van der Waals surface area contributed by atoms with Crippen molar-refractivity contribution < 1.29 is 28.5 Å². The topological polar surface area (TPSA) is 124 Å². The van der Waals surface area contributed by atoms with E-state index in [4.69, 9.17) is 15.3 Å². The average Bonchev–Trinajstić information content (AvgIpc) is 2.75. The van der Waals surface area contributed by atoms with Gasteiger partial charge < -0.3 is 15.3 Å². The van der Waals surface area contributed by atoms with Gasteiger partial charge in [-0.2, -0.15) is 0 Å². The number of carbonyl (C=O) groups is 1. The van der Waals surface area contributed by atoms with Crippen molar-refractivity contribution in [2.24, 2.45) is 0 Å². The third kappa shape index (κ3) is 3.48. The number of aliphatic hydroxyl groups excluding tert-OH is 2. The van der Waals surface area contributed by atoms with Crippen molar-refractivity contribution in [3.8, 4) is 0 Å². The van der Waals surface area contributed by atoms with E-state index in [0.29, 0.717) is 0 Å². The Hall–Kier alpha value is -1.00. The molecule has 0 saturated carbocycles. The molecule has 1 unspecified atom stereocenters. The van der Waals surface area contributed by atoms with Crippen molar-refractivity contribution in [1.82, 2.24) is 4.72 Å². The Morgan fingerprint density at radius 2 is 2.18 bits per heavy atom. The smallest absolute Gasteiger partial charge is 0.347 e. The normalized spacial score (nSPS) is 13.5. The van der Waals surface area contributed by atoms with Crippen LogP contribution in [0, 0.1) is 0 Å². The molecule has 4 N–H and O–H groups in total. The van der Waals surface area contributed by atoms with Crippen LogP contribution in [-0.4, -0.2) is 49.0 Å². The first-order valence-corrected chi connectivity index (χ1v) is 6.84. The van der Waals surface area contributed by atoms with E-state index in [2.05, 4.69) is 0 Å². The van der Waals surface area contributed by atoms with Crippen LogP contribution < -0.4 is 4.72 Å². The Morgan fingerprint density at radius 3 is 2.71 bits per heavy atom. The Balaban J connectivity index is 2.90. The SMILES string of the molecule is O=C(O)c1sccc1S(=O)(=O)NCC(O)CO. The minimum atomic E-state index is -3.99. The molecule has 0 amide bonds. The predicted octanol–water partition coefficient (Wildman–Crippen LogP) is -0.922. The molecule has 17 heavy (non-hydrogen) atoms. The van der Waals surface area contributed by atoms with Gasteiger partial charge >= 0.3 is 5.97 Å². The summed E-state index contributed by atoms with van der Waals surface area (Å²) in [6, 6.07) is 1.17. The number of sulfonamides is 1. The van der Waals surface area contributed by atoms with Crippen LogP contribution >= 0.6 is 11.3 Å². The molecule has 0 spiro atoms. The summed E-state index contributed by atoms with van der Waals surface area (Å²) in [6.07, 6.45) is -1.23. The second-order valence-corrected chi connectivity index (χ2v) is 5.76. The molecule has 1 atom stereocenters. The zero-order valence-corrected chi connectivity index (χ0v) is 10.2. The molecule has 0 aliphatic heterocycles. The van der Waals surface area contributed by atoms with Crippen LogP contribution in [0.1, 0.15) is 9.67 Å². The van der Waals surface area contributed by atoms with Crippen molar-refractivity contribution in [2.75, 3.05) is 13.2 Å². The van der Waals surface area contributed by atoms with Gasteiger partial charge in [0.2, 0.25) is 10.0 Å². The Bertz CT molecular complexity index is 494. The van der Waals surface area contributed by atoms with E-state index in [1.54, 1.807) is 0 Å². The number of rotatable bonds is 6. The minimum absolute atomic E-state index is 0.295. The van der Waals surface area contributed by atoms with Gasteiger partial charge in [0.15, 0.2) is 0 Å². The van der Waals surface area contributed by atoms with Gasteiger partial charge in [0.1, 0.15) is 9.77 Å². The number of nitrogens with one attached hydrogen (secondary N) is 1. The van der Waals surface area contributed by atoms with Crippen LogP contribution in [0.4, 0.5) is 0 Å². The summed E-state index contributed by atoms with van der Waals surface area (Å²) in [7, 11) is -3.99. The Morgan fingerprint density at radius 1 is 1.53 bits per heavy atom. The number of thiophene rings is 1. The molecule has 0 bridgehead atoms. The van der Waals surface area contributed by atoms with Crippen LogP contribution in [0.2, 0.25) is 0 Å². The fraction of sp³-hybridized carbons (Fsp3) is 0.375. The van der Waals surface area contributed by atoms with Crippen molar-refractivity contribution in [2.45, 2.75) is 11.0 Å². The molecule has 7 nitrogen and oxygen atoms in total.